The number of aromatic nitrogens is 3. The molecule has 1 aliphatic rings. The van der Waals surface area contributed by atoms with Crippen LogP contribution in [0.2, 0.25) is 5.02 Å². The highest BCUT2D eigenvalue weighted by atomic mass is 35.5. The van der Waals surface area contributed by atoms with Crippen LogP contribution in [0.3, 0.4) is 0 Å². The van der Waals surface area contributed by atoms with Crippen LogP contribution in [0.25, 0.3) is 0 Å². The number of halogens is 1. The van der Waals surface area contributed by atoms with Crippen LogP contribution >= 0.6 is 11.6 Å². The van der Waals surface area contributed by atoms with Gasteiger partial charge in [-0.25, -0.2) is 4.68 Å². The fourth-order valence-electron chi connectivity index (χ4n) is 4.00. The van der Waals surface area contributed by atoms with Crippen molar-refractivity contribution in [3.8, 4) is 5.75 Å². The Morgan fingerprint density at radius 1 is 1.10 bits per heavy atom. The lowest BCUT2D eigenvalue weighted by molar-refractivity contribution is -0.120. The number of carbonyl (C=O) groups excluding carboxylic acids is 1. The molecule has 2 heterocycles. The minimum absolute atomic E-state index is 0.0463. The van der Waals surface area contributed by atoms with E-state index in [4.69, 9.17) is 16.3 Å². The molecule has 156 valence electrons. The van der Waals surface area contributed by atoms with Crippen LogP contribution in [0.15, 0.2) is 54.9 Å². The summed E-state index contributed by atoms with van der Waals surface area (Å²) < 4.78 is 7.16. The monoisotopic (exact) mass is 424 g/mol. The predicted octanol–water partition coefficient (Wildman–Crippen LogP) is 5.05. The quantitative estimate of drug-likeness (QED) is 0.574. The van der Waals surface area contributed by atoms with Gasteiger partial charge >= 0.3 is 0 Å². The maximum Gasteiger partial charge on any atom is 0.231 e. The molecular weight excluding hydrogens is 400 g/mol. The first-order valence-corrected chi connectivity index (χ1v) is 10.5. The van der Waals surface area contributed by atoms with E-state index in [9.17, 15) is 4.79 Å². The second-order valence-corrected chi connectivity index (χ2v) is 8.39. The van der Waals surface area contributed by atoms with Crippen molar-refractivity contribution in [2.45, 2.75) is 38.8 Å². The van der Waals surface area contributed by atoms with Crippen molar-refractivity contribution in [3.63, 3.8) is 0 Å². The van der Waals surface area contributed by atoms with Crippen molar-refractivity contribution >= 4 is 23.5 Å². The highest BCUT2D eigenvalue weighted by molar-refractivity contribution is 6.30. The average molecular weight is 425 g/mol. The Labute approximate surface area is 181 Å². The number of anilines is 1. The van der Waals surface area contributed by atoms with Gasteiger partial charge in [0.1, 0.15) is 12.1 Å². The molecule has 0 spiro atoms. The van der Waals surface area contributed by atoms with E-state index >= 15 is 0 Å². The molecule has 0 bridgehead atoms. The molecule has 0 N–H and O–H groups in total. The number of nitrogens with zero attached hydrogens (tertiary/aromatic N) is 4. The van der Waals surface area contributed by atoms with Gasteiger partial charge in [0.25, 0.3) is 0 Å². The van der Waals surface area contributed by atoms with Gasteiger partial charge in [-0.1, -0.05) is 49.7 Å². The molecule has 1 aromatic heterocycles. The third-order valence-electron chi connectivity index (χ3n) is 5.43. The van der Waals surface area contributed by atoms with Crippen LogP contribution in [0.5, 0.6) is 5.75 Å². The summed E-state index contributed by atoms with van der Waals surface area (Å²) in [5.41, 5.74) is 2.13. The summed E-state index contributed by atoms with van der Waals surface area (Å²) in [7, 11) is 1.65. The number of rotatable bonds is 5. The summed E-state index contributed by atoms with van der Waals surface area (Å²) in [4.78, 5) is 19.5. The molecule has 0 radical (unpaired) electrons. The molecule has 7 heteroatoms. The zero-order chi connectivity index (χ0) is 21.3. The molecule has 0 saturated heterocycles. The molecule has 1 aliphatic heterocycles. The van der Waals surface area contributed by atoms with E-state index in [-0.39, 0.29) is 23.9 Å². The minimum atomic E-state index is -0.153. The first-order valence-electron chi connectivity index (χ1n) is 10.1. The Balaban J connectivity index is 1.80. The fourth-order valence-corrected chi connectivity index (χ4v) is 4.12. The number of hydrogen-bond acceptors (Lipinski definition) is 4. The topological polar surface area (TPSA) is 60.2 Å². The lowest BCUT2D eigenvalue weighted by Crippen LogP contribution is -2.43. The molecule has 2 atom stereocenters. The Kier molecular flexibility index (Phi) is 5.77. The first-order chi connectivity index (χ1) is 14.5. The smallest absolute Gasteiger partial charge is 0.231 e. The number of hydrogen-bond donors (Lipinski definition) is 0. The zero-order valence-corrected chi connectivity index (χ0v) is 18.1. The number of fused-ring (bicyclic) bond motifs is 1. The number of carbonyl (C=O) groups is 1. The second-order valence-electron chi connectivity index (χ2n) is 7.96. The molecule has 2 aromatic carbocycles. The predicted molar refractivity (Wildman–Crippen MR) is 117 cm³/mol. The summed E-state index contributed by atoms with van der Waals surface area (Å²) in [6, 6.07) is 15.5. The van der Waals surface area contributed by atoms with Crippen LogP contribution in [0, 0.1) is 5.92 Å². The van der Waals surface area contributed by atoms with Crippen molar-refractivity contribution in [3.05, 3.63) is 71.0 Å². The highest BCUT2D eigenvalue weighted by Gasteiger charge is 2.39. The third kappa shape index (κ3) is 3.92. The fraction of sp³-hybridized carbons (Fsp3) is 0.348. The van der Waals surface area contributed by atoms with E-state index in [1.54, 1.807) is 12.0 Å². The van der Waals surface area contributed by atoms with E-state index in [1.807, 2.05) is 67.1 Å². The molecule has 4 rings (SSSR count). The summed E-state index contributed by atoms with van der Waals surface area (Å²) in [5.74, 6) is 1.66. The van der Waals surface area contributed by atoms with Crippen LogP contribution in [0.1, 0.15) is 49.9 Å². The van der Waals surface area contributed by atoms with Crippen LogP contribution in [-0.2, 0) is 4.79 Å². The van der Waals surface area contributed by atoms with E-state index in [2.05, 4.69) is 10.1 Å². The van der Waals surface area contributed by atoms with Crippen LogP contribution in [-0.4, -0.2) is 27.8 Å². The zero-order valence-electron chi connectivity index (χ0n) is 17.3. The standard InChI is InChI=1S/C23H25ClN4O2/c1-15(2)12-22(29)27-20(16-6-10-19(30-3)11-7-16)13-21(28-23(27)25-14-26-28)17-4-8-18(24)9-5-17/h4-11,14-15,20-21H,12-13H2,1-3H3/t20-,21+/m1/s1. The van der Waals surface area contributed by atoms with Gasteiger partial charge in [-0.3, -0.25) is 9.69 Å². The summed E-state index contributed by atoms with van der Waals surface area (Å²) in [6.07, 6.45) is 2.66. The molecule has 1 amide bonds. The Bertz CT molecular complexity index is 1010. The van der Waals surface area contributed by atoms with Crippen molar-refractivity contribution in [2.75, 3.05) is 12.0 Å². The number of ether oxygens (including phenoxy) is 1. The maximum absolute atomic E-state index is 13.3. The molecule has 0 aliphatic carbocycles. The summed E-state index contributed by atoms with van der Waals surface area (Å²) in [6.45, 7) is 4.09. The lowest BCUT2D eigenvalue weighted by atomic mass is 9.91. The van der Waals surface area contributed by atoms with Crippen molar-refractivity contribution in [1.82, 2.24) is 14.8 Å². The molecule has 30 heavy (non-hydrogen) atoms. The van der Waals surface area contributed by atoms with Gasteiger partial charge in [0.05, 0.1) is 19.2 Å². The highest BCUT2D eigenvalue weighted by Crippen LogP contribution is 2.42. The lowest BCUT2D eigenvalue weighted by Gasteiger charge is -2.39. The van der Waals surface area contributed by atoms with Gasteiger partial charge in [-0.15, -0.1) is 0 Å². The average Bonchev–Trinajstić information content (AvgIpc) is 3.22. The molecule has 3 aromatic rings. The minimum Gasteiger partial charge on any atom is -0.497 e. The van der Waals surface area contributed by atoms with Gasteiger partial charge in [-0.2, -0.15) is 10.1 Å². The Morgan fingerprint density at radius 3 is 2.37 bits per heavy atom. The molecular formula is C23H25ClN4O2. The summed E-state index contributed by atoms with van der Waals surface area (Å²) >= 11 is 6.10. The van der Waals surface area contributed by atoms with Crippen LogP contribution in [0.4, 0.5) is 5.95 Å². The maximum atomic E-state index is 13.3. The molecule has 0 saturated carbocycles. The van der Waals surface area contributed by atoms with Crippen molar-refractivity contribution < 1.29 is 9.53 Å². The van der Waals surface area contributed by atoms with Crippen molar-refractivity contribution in [2.24, 2.45) is 5.92 Å². The van der Waals surface area contributed by atoms with Gasteiger partial charge in [0.2, 0.25) is 11.9 Å². The Hall–Kier alpha value is -2.86. The number of methoxy groups -OCH3 is 1. The molecule has 6 nitrogen and oxygen atoms in total. The second kappa shape index (κ2) is 8.48. The molecule has 0 unspecified atom stereocenters. The summed E-state index contributed by atoms with van der Waals surface area (Å²) in [5, 5.41) is 5.15. The third-order valence-corrected chi connectivity index (χ3v) is 5.68. The SMILES string of the molecule is COc1ccc([C@H]2C[C@@H](c3ccc(Cl)cc3)n3ncnc3N2C(=O)CC(C)C)cc1. The first kappa shape index (κ1) is 20.4. The van der Waals surface area contributed by atoms with E-state index in [0.717, 1.165) is 16.9 Å². The number of amides is 1. The molecule has 0 fully saturated rings. The van der Waals surface area contributed by atoms with Gasteiger partial charge < -0.3 is 4.74 Å². The number of benzene rings is 2. The van der Waals surface area contributed by atoms with E-state index < -0.39 is 0 Å². The van der Waals surface area contributed by atoms with Crippen molar-refractivity contribution in [1.29, 1.82) is 0 Å². The van der Waals surface area contributed by atoms with Crippen LogP contribution < -0.4 is 9.64 Å². The van der Waals surface area contributed by atoms with E-state index in [0.29, 0.717) is 23.8 Å². The van der Waals surface area contributed by atoms with Gasteiger partial charge in [-0.05, 0) is 47.7 Å². The Morgan fingerprint density at radius 2 is 1.73 bits per heavy atom. The van der Waals surface area contributed by atoms with Gasteiger partial charge in [0, 0.05) is 11.4 Å². The van der Waals surface area contributed by atoms with E-state index in [1.165, 1.54) is 6.33 Å². The largest absolute Gasteiger partial charge is 0.497 e. The normalized spacial score (nSPS) is 18.4. The van der Waals surface area contributed by atoms with Gasteiger partial charge in [0.15, 0.2) is 0 Å².